The molecular weight excluding hydrogens is 338 g/mol. The summed E-state index contributed by atoms with van der Waals surface area (Å²) in [5, 5.41) is 1.90. The number of anilines is 1. The van der Waals surface area contributed by atoms with Crippen molar-refractivity contribution in [1.82, 2.24) is 9.97 Å². The van der Waals surface area contributed by atoms with E-state index in [1.807, 2.05) is 25.3 Å². The van der Waals surface area contributed by atoms with Gasteiger partial charge in [-0.1, -0.05) is 29.9 Å². The summed E-state index contributed by atoms with van der Waals surface area (Å²) in [4.78, 5) is 22.7. The van der Waals surface area contributed by atoms with Crippen LogP contribution in [0.2, 0.25) is 5.15 Å². The summed E-state index contributed by atoms with van der Waals surface area (Å²) in [6.07, 6.45) is 6.85. The first-order valence-corrected chi connectivity index (χ1v) is 9.62. The predicted molar refractivity (Wildman–Crippen MR) is 96.0 cm³/mol. The number of carbonyl (C=O) groups excluding carboxylic acids is 1. The Morgan fingerprint density at radius 3 is 2.95 bits per heavy atom. The number of pyridine rings is 1. The van der Waals surface area contributed by atoms with Crippen LogP contribution in [0.3, 0.4) is 0 Å². The van der Waals surface area contributed by atoms with E-state index in [2.05, 4.69) is 9.97 Å². The molecule has 0 aliphatic heterocycles. The summed E-state index contributed by atoms with van der Waals surface area (Å²) in [6, 6.07) is 3.80. The molecular formula is C15H18ClN3OS2. The van der Waals surface area contributed by atoms with E-state index in [0.717, 1.165) is 27.7 Å². The number of hydrogen-bond acceptors (Lipinski definition) is 5. The summed E-state index contributed by atoms with van der Waals surface area (Å²) < 4.78 is 0. The zero-order valence-corrected chi connectivity index (χ0v) is 15.0. The average Bonchev–Trinajstić information content (AvgIpc) is 2.93. The smallest absolute Gasteiger partial charge is 0.228 e. The van der Waals surface area contributed by atoms with Gasteiger partial charge in [-0.15, -0.1) is 0 Å². The lowest BCUT2D eigenvalue weighted by atomic mass is 10.3. The number of hydrogen-bond donors (Lipinski definition) is 0. The third-order valence-corrected chi connectivity index (χ3v) is 5.11. The molecule has 0 bridgehead atoms. The van der Waals surface area contributed by atoms with Crippen molar-refractivity contribution in [3.8, 4) is 10.6 Å². The first-order valence-electron chi connectivity index (χ1n) is 7.03. The van der Waals surface area contributed by atoms with E-state index >= 15 is 0 Å². The zero-order valence-electron chi connectivity index (χ0n) is 12.6. The molecule has 2 aromatic heterocycles. The monoisotopic (exact) mass is 355 g/mol. The normalized spacial score (nSPS) is 10.7. The average molecular weight is 356 g/mol. The minimum Gasteiger partial charge on any atom is -0.301 e. The maximum atomic E-state index is 12.4. The van der Waals surface area contributed by atoms with E-state index in [4.69, 9.17) is 11.6 Å². The number of thioether (sulfide) groups is 1. The fraction of sp³-hybridized carbons (Fsp3) is 0.400. The van der Waals surface area contributed by atoms with Crippen LogP contribution in [0.1, 0.15) is 19.8 Å². The lowest BCUT2D eigenvalue weighted by Crippen LogP contribution is -2.31. The number of carbonyl (C=O) groups is 1. The molecule has 0 fully saturated rings. The fourth-order valence-corrected chi connectivity index (χ4v) is 3.68. The third kappa shape index (κ3) is 4.21. The maximum absolute atomic E-state index is 12.4. The quantitative estimate of drug-likeness (QED) is 0.740. The molecule has 2 aromatic rings. The van der Waals surface area contributed by atoms with Gasteiger partial charge in [-0.25, -0.2) is 4.98 Å². The van der Waals surface area contributed by atoms with Crippen LogP contribution in [0.5, 0.6) is 0 Å². The van der Waals surface area contributed by atoms with E-state index in [1.54, 1.807) is 29.1 Å². The lowest BCUT2D eigenvalue weighted by molar-refractivity contribution is -0.118. The highest BCUT2D eigenvalue weighted by Crippen LogP contribution is 2.37. The number of rotatable bonds is 7. The maximum Gasteiger partial charge on any atom is 0.228 e. The zero-order chi connectivity index (χ0) is 15.9. The van der Waals surface area contributed by atoms with E-state index in [-0.39, 0.29) is 5.91 Å². The Bertz CT molecular complexity index is 619. The Labute approximate surface area is 143 Å². The lowest BCUT2D eigenvalue weighted by Gasteiger charge is -2.20. The van der Waals surface area contributed by atoms with E-state index in [1.165, 1.54) is 11.3 Å². The second-order valence-electron chi connectivity index (χ2n) is 4.64. The van der Waals surface area contributed by atoms with Gasteiger partial charge in [0.05, 0.1) is 0 Å². The molecule has 0 radical (unpaired) electrons. The highest BCUT2D eigenvalue weighted by Gasteiger charge is 2.21. The van der Waals surface area contributed by atoms with Crippen molar-refractivity contribution in [2.75, 3.05) is 23.5 Å². The summed E-state index contributed by atoms with van der Waals surface area (Å²) in [5.74, 6) is 0.907. The molecule has 0 spiro atoms. The van der Waals surface area contributed by atoms with Crippen LogP contribution >= 0.6 is 34.7 Å². The standard InChI is InChI=1S/C15H18ClN3OS2/c1-3-8-19(12(20)6-9-21-2)15-13(16)18-14(22-15)11-5-4-7-17-10-11/h4-5,7,10H,3,6,8-9H2,1-2H3. The second kappa shape index (κ2) is 8.50. The largest absolute Gasteiger partial charge is 0.301 e. The summed E-state index contributed by atoms with van der Waals surface area (Å²) in [5.41, 5.74) is 0.911. The van der Waals surface area contributed by atoms with Gasteiger partial charge >= 0.3 is 0 Å². The molecule has 1 amide bonds. The molecule has 0 unspecified atom stereocenters. The molecule has 0 saturated heterocycles. The predicted octanol–water partition coefficient (Wildman–Crippen LogP) is 4.35. The van der Waals surface area contributed by atoms with Crippen LogP contribution in [-0.4, -0.2) is 34.4 Å². The number of halogens is 1. The van der Waals surface area contributed by atoms with Gasteiger partial charge < -0.3 is 4.90 Å². The van der Waals surface area contributed by atoms with Crippen molar-refractivity contribution in [3.63, 3.8) is 0 Å². The van der Waals surface area contributed by atoms with Gasteiger partial charge in [0.15, 0.2) is 5.15 Å². The topological polar surface area (TPSA) is 46.1 Å². The minimum atomic E-state index is 0.0967. The molecule has 7 heteroatoms. The van der Waals surface area contributed by atoms with Crippen molar-refractivity contribution in [1.29, 1.82) is 0 Å². The third-order valence-electron chi connectivity index (χ3n) is 2.99. The molecule has 118 valence electrons. The van der Waals surface area contributed by atoms with Crippen LogP contribution < -0.4 is 4.90 Å². The number of nitrogens with zero attached hydrogens (tertiary/aromatic N) is 3. The Kier molecular flexibility index (Phi) is 6.67. The Hall–Kier alpha value is -1.11. The van der Waals surface area contributed by atoms with Gasteiger partial charge in [-0.3, -0.25) is 9.78 Å². The van der Waals surface area contributed by atoms with Crippen molar-refractivity contribution in [2.24, 2.45) is 0 Å². The number of thiazole rings is 1. The molecule has 0 saturated carbocycles. The van der Waals surface area contributed by atoms with Crippen LogP contribution in [0.25, 0.3) is 10.6 Å². The van der Waals surface area contributed by atoms with Gasteiger partial charge in [-0.2, -0.15) is 11.8 Å². The molecule has 0 aliphatic rings. The van der Waals surface area contributed by atoms with E-state index in [0.29, 0.717) is 18.1 Å². The highest BCUT2D eigenvalue weighted by atomic mass is 35.5. The van der Waals surface area contributed by atoms with Gasteiger partial charge in [0.25, 0.3) is 0 Å². The van der Waals surface area contributed by atoms with E-state index in [9.17, 15) is 4.79 Å². The molecule has 0 aliphatic carbocycles. The molecule has 2 rings (SSSR count). The van der Waals surface area contributed by atoms with Gasteiger partial charge in [0.2, 0.25) is 5.91 Å². The minimum absolute atomic E-state index is 0.0967. The fourth-order valence-electron chi connectivity index (χ4n) is 1.96. The molecule has 0 atom stereocenters. The molecule has 2 heterocycles. The second-order valence-corrected chi connectivity index (χ2v) is 6.97. The van der Waals surface area contributed by atoms with Gasteiger partial charge in [-0.05, 0) is 24.8 Å². The molecule has 4 nitrogen and oxygen atoms in total. The Morgan fingerprint density at radius 1 is 1.50 bits per heavy atom. The first-order chi connectivity index (χ1) is 10.7. The Balaban J connectivity index is 2.28. The molecule has 22 heavy (non-hydrogen) atoms. The summed E-state index contributed by atoms with van der Waals surface area (Å²) in [6.45, 7) is 2.70. The van der Waals surface area contributed by atoms with Crippen molar-refractivity contribution < 1.29 is 4.79 Å². The highest BCUT2D eigenvalue weighted by molar-refractivity contribution is 7.98. The number of amides is 1. The van der Waals surface area contributed by atoms with E-state index < -0.39 is 0 Å². The van der Waals surface area contributed by atoms with Crippen LogP contribution in [0, 0.1) is 0 Å². The van der Waals surface area contributed by atoms with Gasteiger partial charge in [0, 0.05) is 36.7 Å². The Morgan fingerprint density at radius 2 is 2.32 bits per heavy atom. The first kappa shape index (κ1) is 17.2. The van der Waals surface area contributed by atoms with Crippen LogP contribution in [0.15, 0.2) is 24.5 Å². The summed E-state index contributed by atoms with van der Waals surface area (Å²) >= 11 is 9.39. The van der Waals surface area contributed by atoms with Crippen LogP contribution in [-0.2, 0) is 4.79 Å². The summed E-state index contributed by atoms with van der Waals surface area (Å²) in [7, 11) is 0. The van der Waals surface area contributed by atoms with Crippen molar-refractivity contribution in [2.45, 2.75) is 19.8 Å². The molecule has 0 N–H and O–H groups in total. The SMILES string of the molecule is CCCN(C(=O)CCSC)c1sc(-c2cccnc2)nc1Cl. The number of aromatic nitrogens is 2. The van der Waals surface area contributed by atoms with Crippen molar-refractivity contribution in [3.05, 3.63) is 29.7 Å². The van der Waals surface area contributed by atoms with Gasteiger partial charge in [0.1, 0.15) is 10.0 Å². The van der Waals surface area contributed by atoms with Crippen molar-refractivity contribution >= 4 is 45.6 Å². The molecule has 0 aromatic carbocycles. The van der Waals surface area contributed by atoms with Crippen LogP contribution in [0.4, 0.5) is 5.00 Å².